The number of carboxylic acids is 1. The second-order valence-corrected chi connectivity index (χ2v) is 3.79. The predicted molar refractivity (Wildman–Crippen MR) is 61.0 cm³/mol. The van der Waals surface area contributed by atoms with E-state index in [-0.39, 0.29) is 11.3 Å². The lowest BCUT2D eigenvalue weighted by atomic mass is 10.0. The van der Waals surface area contributed by atoms with Crippen molar-refractivity contribution in [2.45, 2.75) is 13.8 Å². The first-order valence-electron chi connectivity index (χ1n) is 4.87. The van der Waals surface area contributed by atoms with Crippen LogP contribution in [0.2, 0.25) is 0 Å². The van der Waals surface area contributed by atoms with Crippen LogP contribution in [-0.2, 0) is 0 Å². The Kier molecular flexibility index (Phi) is 2.27. The van der Waals surface area contributed by atoms with Crippen molar-refractivity contribution in [1.29, 1.82) is 0 Å². The van der Waals surface area contributed by atoms with Crippen LogP contribution in [0.5, 0.6) is 0 Å². The fraction of sp³-hybridized carbons (Fsp3) is 0.167. The summed E-state index contributed by atoms with van der Waals surface area (Å²) in [5, 5.41) is 10.1. The maximum absolute atomic E-state index is 11.6. The maximum Gasteiger partial charge on any atom is 0.352 e. The van der Waals surface area contributed by atoms with E-state index in [0.29, 0.717) is 10.8 Å². The number of aromatic amines is 1. The van der Waals surface area contributed by atoms with E-state index < -0.39 is 5.97 Å². The van der Waals surface area contributed by atoms with Crippen LogP contribution >= 0.6 is 0 Å². The van der Waals surface area contributed by atoms with E-state index in [0.717, 1.165) is 11.1 Å². The van der Waals surface area contributed by atoms with Gasteiger partial charge in [0.15, 0.2) is 0 Å². The first-order valence-corrected chi connectivity index (χ1v) is 4.87. The molecule has 0 bridgehead atoms. The van der Waals surface area contributed by atoms with Crippen molar-refractivity contribution in [2.75, 3.05) is 0 Å². The molecule has 4 heteroatoms. The molecule has 1 heterocycles. The molecule has 0 unspecified atom stereocenters. The third-order valence-electron chi connectivity index (χ3n) is 2.80. The molecule has 0 aliphatic carbocycles. The molecule has 0 radical (unpaired) electrons. The Morgan fingerprint density at radius 2 is 1.94 bits per heavy atom. The van der Waals surface area contributed by atoms with E-state index in [1.54, 1.807) is 6.07 Å². The molecule has 16 heavy (non-hydrogen) atoms. The van der Waals surface area contributed by atoms with Crippen molar-refractivity contribution in [3.8, 4) is 0 Å². The highest BCUT2D eigenvalue weighted by atomic mass is 16.4. The van der Waals surface area contributed by atoms with Crippen LogP contribution in [0.15, 0.2) is 23.0 Å². The Morgan fingerprint density at radius 3 is 2.56 bits per heavy atom. The number of aryl methyl sites for hydroxylation is 2. The number of hydrogen-bond acceptors (Lipinski definition) is 2. The molecule has 0 aliphatic rings. The first kappa shape index (κ1) is 10.4. The molecular weight excluding hydrogens is 206 g/mol. The third kappa shape index (κ3) is 1.48. The number of H-pyrrole nitrogens is 1. The second kappa shape index (κ2) is 3.48. The summed E-state index contributed by atoms with van der Waals surface area (Å²) in [6, 6.07) is 5.07. The number of carboxylic acid groups (broad SMARTS) is 1. The van der Waals surface area contributed by atoms with Crippen LogP contribution < -0.4 is 5.56 Å². The molecule has 4 nitrogen and oxygen atoms in total. The highest BCUT2D eigenvalue weighted by molar-refractivity contribution is 5.93. The minimum absolute atomic E-state index is 0.0776. The summed E-state index contributed by atoms with van der Waals surface area (Å²) in [4.78, 5) is 24.8. The highest BCUT2D eigenvalue weighted by Gasteiger charge is 2.09. The zero-order chi connectivity index (χ0) is 11.9. The van der Waals surface area contributed by atoms with Gasteiger partial charge in [-0.15, -0.1) is 0 Å². The Hall–Kier alpha value is -2.10. The Bertz CT molecular complexity index is 640. The monoisotopic (exact) mass is 217 g/mol. The molecule has 0 atom stereocenters. The predicted octanol–water partition coefficient (Wildman–Crippen LogP) is 1.84. The van der Waals surface area contributed by atoms with Crippen LogP contribution in [0, 0.1) is 13.8 Å². The topological polar surface area (TPSA) is 70.2 Å². The van der Waals surface area contributed by atoms with Gasteiger partial charge in [0.1, 0.15) is 5.69 Å². The Balaban J connectivity index is 2.94. The number of carbonyl (C=O) groups is 1. The minimum Gasteiger partial charge on any atom is -0.477 e. The van der Waals surface area contributed by atoms with Crippen LogP contribution in [0.25, 0.3) is 10.8 Å². The summed E-state index contributed by atoms with van der Waals surface area (Å²) in [6.45, 7) is 3.80. The van der Waals surface area contributed by atoms with Gasteiger partial charge in [-0.2, -0.15) is 0 Å². The van der Waals surface area contributed by atoms with Crippen LogP contribution in [-0.4, -0.2) is 16.1 Å². The number of hydrogen-bond donors (Lipinski definition) is 2. The number of pyridine rings is 1. The molecule has 0 saturated carbocycles. The summed E-state index contributed by atoms with van der Waals surface area (Å²) >= 11 is 0. The summed E-state index contributed by atoms with van der Waals surface area (Å²) in [5.74, 6) is -1.13. The fourth-order valence-corrected chi connectivity index (χ4v) is 1.71. The fourth-order valence-electron chi connectivity index (χ4n) is 1.71. The minimum atomic E-state index is -1.13. The van der Waals surface area contributed by atoms with E-state index in [1.165, 1.54) is 6.07 Å². The lowest BCUT2D eigenvalue weighted by Gasteiger charge is -2.05. The summed E-state index contributed by atoms with van der Waals surface area (Å²) < 4.78 is 0. The normalized spacial score (nSPS) is 10.6. The van der Waals surface area contributed by atoms with E-state index in [1.807, 2.05) is 19.9 Å². The van der Waals surface area contributed by atoms with Gasteiger partial charge in [0.25, 0.3) is 5.56 Å². The molecular formula is C12H11NO3. The van der Waals surface area contributed by atoms with Crippen LogP contribution in [0.4, 0.5) is 0 Å². The average molecular weight is 217 g/mol. The molecule has 2 aromatic rings. The number of aromatic nitrogens is 1. The van der Waals surface area contributed by atoms with E-state index in [4.69, 9.17) is 5.11 Å². The zero-order valence-corrected chi connectivity index (χ0v) is 9.00. The standard InChI is InChI=1S/C12H11NO3/c1-6-3-4-8-9(7(6)2)5-10(12(15)16)13-11(8)14/h3-5H,1-2H3,(H,13,14)(H,15,16). The molecule has 2 N–H and O–H groups in total. The number of fused-ring (bicyclic) bond motifs is 1. The molecule has 1 aromatic carbocycles. The molecule has 82 valence electrons. The van der Waals surface area contributed by atoms with Crippen molar-refractivity contribution < 1.29 is 9.90 Å². The lowest BCUT2D eigenvalue weighted by molar-refractivity contribution is 0.0690. The average Bonchev–Trinajstić information content (AvgIpc) is 2.23. The molecule has 1 aromatic heterocycles. The summed E-state index contributed by atoms with van der Waals surface area (Å²) in [7, 11) is 0. The molecule has 0 aliphatic heterocycles. The molecule has 2 rings (SSSR count). The summed E-state index contributed by atoms with van der Waals surface area (Å²) in [6.07, 6.45) is 0. The van der Waals surface area contributed by atoms with Gasteiger partial charge in [0, 0.05) is 5.39 Å². The maximum atomic E-state index is 11.6. The van der Waals surface area contributed by atoms with Crippen molar-refractivity contribution in [2.24, 2.45) is 0 Å². The zero-order valence-electron chi connectivity index (χ0n) is 9.00. The highest BCUT2D eigenvalue weighted by Crippen LogP contribution is 2.19. The second-order valence-electron chi connectivity index (χ2n) is 3.79. The van der Waals surface area contributed by atoms with E-state index >= 15 is 0 Å². The van der Waals surface area contributed by atoms with Crippen molar-refractivity contribution >= 4 is 16.7 Å². The van der Waals surface area contributed by atoms with E-state index in [2.05, 4.69) is 4.98 Å². The Labute approximate surface area is 91.5 Å². The number of rotatable bonds is 1. The Morgan fingerprint density at radius 1 is 1.25 bits per heavy atom. The number of benzene rings is 1. The van der Waals surface area contributed by atoms with E-state index in [9.17, 15) is 9.59 Å². The van der Waals surface area contributed by atoms with Gasteiger partial charge in [0.05, 0.1) is 0 Å². The van der Waals surface area contributed by atoms with Gasteiger partial charge >= 0.3 is 5.97 Å². The van der Waals surface area contributed by atoms with Gasteiger partial charge in [0.2, 0.25) is 0 Å². The molecule has 0 spiro atoms. The van der Waals surface area contributed by atoms with Gasteiger partial charge in [-0.1, -0.05) is 6.07 Å². The number of nitrogens with one attached hydrogen (secondary N) is 1. The van der Waals surface area contributed by atoms with Gasteiger partial charge in [-0.05, 0) is 42.5 Å². The van der Waals surface area contributed by atoms with Crippen molar-refractivity contribution in [1.82, 2.24) is 4.98 Å². The molecule has 0 fully saturated rings. The molecule has 0 amide bonds. The van der Waals surface area contributed by atoms with Gasteiger partial charge in [-0.3, -0.25) is 4.79 Å². The third-order valence-corrected chi connectivity index (χ3v) is 2.80. The first-order chi connectivity index (χ1) is 7.50. The summed E-state index contributed by atoms with van der Waals surface area (Å²) in [5.41, 5.74) is 1.53. The number of aromatic carboxylic acids is 1. The SMILES string of the molecule is Cc1ccc2c(=O)[nH]c(C(=O)O)cc2c1C. The van der Waals surface area contributed by atoms with Gasteiger partial charge in [-0.25, -0.2) is 4.79 Å². The quantitative estimate of drug-likeness (QED) is 0.765. The smallest absolute Gasteiger partial charge is 0.352 e. The van der Waals surface area contributed by atoms with Crippen molar-refractivity contribution in [3.05, 3.63) is 45.4 Å². The van der Waals surface area contributed by atoms with Crippen molar-refractivity contribution in [3.63, 3.8) is 0 Å². The lowest BCUT2D eigenvalue weighted by Crippen LogP contribution is -2.13. The van der Waals surface area contributed by atoms with Gasteiger partial charge < -0.3 is 10.1 Å². The molecule has 0 saturated heterocycles. The van der Waals surface area contributed by atoms with Crippen LogP contribution in [0.3, 0.4) is 0 Å². The van der Waals surface area contributed by atoms with Crippen LogP contribution in [0.1, 0.15) is 21.6 Å². The largest absolute Gasteiger partial charge is 0.477 e.